The summed E-state index contributed by atoms with van der Waals surface area (Å²) < 4.78 is 0. The first-order valence-corrected chi connectivity index (χ1v) is 3.87. The van der Waals surface area contributed by atoms with E-state index in [4.69, 9.17) is 28.8 Å². The number of rotatable bonds is 2. The highest BCUT2D eigenvalue weighted by molar-refractivity contribution is 6.33. The van der Waals surface area contributed by atoms with Crippen LogP contribution >= 0.6 is 11.6 Å². The van der Waals surface area contributed by atoms with Gasteiger partial charge >= 0.3 is 0 Å². The topological polar surface area (TPSA) is 125 Å². The molecule has 0 aliphatic carbocycles. The lowest BCUT2D eigenvalue weighted by atomic mass is 10.1. The molecule has 1 rings (SSSR count). The van der Waals surface area contributed by atoms with E-state index < -0.39 is 11.8 Å². The van der Waals surface area contributed by atoms with Gasteiger partial charge in [0.2, 0.25) is 0 Å². The molecule has 0 aliphatic heterocycles. The predicted molar refractivity (Wildman–Crippen MR) is 50.7 cm³/mol. The highest BCUT2D eigenvalue weighted by Gasteiger charge is 2.15. The Morgan fingerprint density at radius 2 is 1.71 bits per heavy atom. The van der Waals surface area contributed by atoms with E-state index in [1.54, 1.807) is 0 Å². The maximum atomic E-state index is 10.8. The summed E-state index contributed by atoms with van der Waals surface area (Å²) in [4.78, 5) is 25.2. The van der Waals surface area contributed by atoms with Crippen molar-refractivity contribution in [1.82, 2.24) is 4.98 Å². The smallest absolute Gasteiger partial charge is 0.252 e. The Morgan fingerprint density at radius 3 is 2.14 bits per heavy atom. The summed E-state index contributed by atoms with van der Waals surface area (Å²) in [7, 11) is 0. The van der Waals surface area contributed by atoms with E-state index in [-0.39, 0.29) is 22.1 Å². The van der Waals surface area contributed by atoms with E-state index in [0.29, 0.717) is 0 Å². The number of carbonyl (C=O) groups is 2. The summed E-state index contributed by atoms with van der Waals surface area (Å²) >= 11 is 5.56. The third kappa shape index (κ3) is 1.74. The SMILES string of the molecule is NC(=O)c1cc(C(N)=O)c(Cl)nc1N. The molecule has 0 saturated heterocycles. The van der Waals surface area contributed by atoms with E-state index in [9.17, 15) is 9.59 Å². The van der Waals surface area contributed by atoms with Crippen molar-refractivity contribution in [1.29, 1.82) is 0 Å². The van der Waals surface area contributed by atoms with Crippen molar-refractivity contribution >= 4 is 29.2 Å². The van der Waals surface area contributed by atoms with Crippen molar-refractivity contribution in [2.45, 2.75) is 0 Å². The number of aromatic nitrogens is 1. The molecule has 0 saturated carbocycles. The lowest BCUT2D eigenvalue weighted by Crippen LogP contribution is -2.18. The molecule has 0 unspecified atom stereocenters. The molecule has 0 atom stereocenters. The number of anilines is 1. The van der Waals surface area contributed by atoms with Crippen molar-refractivity contribution in [2.24, 2.45) is 11.5 Å². The van der Waals surface area contributed by atoms with Gasteiger partial charge in [0.1, 0.15) is 11.0 Å². The van der Waals surface area contributed by atoms with Crippen LogP contribution in [0.1, 0.15) is 20.7 Å². The third-order valence-corrected chi connectivity index (χ3v) is 1.82. The Kier molecular flexibility index (Phi) is 2.57. The van der Waals surface area contributed by atoms with E-state index >= 15 is 0 Å². The fourth-order valence-electron chi connectivity index (χ4n) is 0.874. The molecule has 74 valence electrons. The Morgan fingerprint density at radius 1 is 1.21 bits per heavy atom. The number of nitrogens with two attached hydrogens (primary N) is 3. The molecule has 6 nitrogen and oxygen atoms in total. The van der Waals surface area contributed by atoms with Crippen LogP contribution in [0.4, 0.5) is 5.82 Å². The summed E-state index contributed by atoms with van der Waals surface area (Å²) in [6.07, 6.45) is 0. The van der Waals surface area contributed by atoms with Crippen LogP contribution in [0.25, 0.3) is 0 Å². The largest absolute Gasteiger partial charge is 0.383 e. The molecule has 6 N–H and O–H groups in total. The van der Waals surface area contributed by atoms with Crippen molar-refractivity contribution in [3.63, 3.8) is 0 Å². The highest BCUT2D eigenvalue weighted by atomic mass is 35.5. The maximum absolute atomic E-state index is 10.8. The van der Waals surface area contributed by atoms with E-state index in [1.165, 1.54) is 0 Å². The lowest BCUT2D eigenvalue weighted by molar-refractivity contribution is 0.0999. The molecule has 0 aliphatic rings. The molecule has 7 heteroatoms. The third-order valence-electron chi connectivity index (χ3n) is 1.54. The number of hydrogen-bond acceptors (Lipinski definition) is 4. The summed E-state index contributed by atoms with van der Waals surface area (Å²) in [6.45, 7) is 0. The van der Waals surface area contributed by atoms with Gasteiger partial charge in [0, 0.05) is 0 Å². The molecule has 14 heavy (non-hydrogen) atoms. The van der Waals surface area contributed by atoms with Gasteiger partial charge in [-0.05, 0) is 6.07 Å². The summed E-state index contributed by atoms with van der Waals surface area (Å²) in [6, 6.07) is 1.12. The number of hydrogen-bond donors (Lipinski definition) is 3. The standard InChI is InChI=1S/C7H7ClN4O2/c8-4-2(6(10)13)1-3(7(11)14)5(9)12-4/h1H,(H2,9,12)(H2,10,13)(H2,11,14). The molecule has 1 aromatic heterocycles. The molecular formula is C7H7ClN4O2. The lowest BCUT2D eigenvalue weighted by Gasteiger charge is -2.04. The number of nitrogens with zero attached hydrogens (tertiary/aromatic N) is 1. The zero-order valence-electron chi connectivity index (χ0n) is 6.95. The molecule has 1 aromatic rings. The molecular weight excluding hydrogens is 208 g/mol. The quantitative estimate of drug-likeness (QED) is 0.575. The minimum absolute atomic E-state index is 0.0804. The fraction of sp³-hybridized carbons (Fsp3) is 0. The highest BCUT2D eigenvalue weighted by Crippen LogP contribution is 2.18. The Bertz CT molecular complexity index is 383. The molecule has 0 aromatic carbocycles. The van der Waals surface area contributed by atoms with Crippen molar-refractivity contribution in [3.8, 4) is 0 Å². The predicted octanol–water partition coefficient (Wildman–Crippen LogP) is -0.485. The van der Waals surface area contributed by atoms with Crippen LogP contribution < -0.4 is 17.2 Å². The number of halogens is 1. The first-order chi connectivity index (χ1) is 6.43. The van der Waals surface area contributed by atoms with Crippen molar-refractivity contribution in [2.75, 3.05) is 5.73 Å². The van der Waals surface area contributed by atoms with Crippen LogP contribution in [0.15, 0.2) is 6.07 Å². The van der Waals surface area contributed by atoms with Gasteiger partial charge in [-0.25, -0.2) is 4.98 Å². The number of pyridine rings is 1. The van der Waals surface area contributed by atoms with Gasteiger partial charge in [0.15, 0.2) is 0 Å². The van der Waals surface area contributed by atoms with E-state index in [1.807, 2.05) is 0 Å². The van der Waals surface area contributed by atoms with Gasteiger partial charge in [-0.2, -0.15) is 0 Å². The van der Waals surface area contributed by atoms with Crippen molar-refractivity contribution < 1.29 is 9.59 Å². The van der Waals surface area contributed by atoms with Crippen LogP contribution in [0.2, 0.25) is 5.15 Å². The Labute approximate surface area is 84.0 Å². The van der Waals surface area contributed by atoms with Crippen LogP contribution in [-0.2, 0) is 0 Å². The Balaban J connectivity index is 3.42. The second-order valence-corrected chi connectivity index (χ2v) is 2.85. The Hall–Kier alpha value is -1.82. The van der Waals surface area contributed by atoms with E-state index in [2.05, 4.69) is 4.98 Å². The average molecular weight is 215 g/mol. The van der Waals surface area contributed by atoms with Crippen LogP contribution in [0, 0.1) is 0 Å². The normalized spacial score (nSPS) is 9.79. The molecule has 0 fully saturated rings. The van der Waals surface area contributed by atoms with Crippen LogP contribution in [0.3, 0.4) is 0 Å². The number of nitrogen functional groups attached to an aromatic ring is 1. The molecule has 0 spiro atoms. The summed E-state index contributed by atoms with van der Waals surface area (Å²) in [5.41, 5.74) is 15.1. The summed E-state index contributed by atoms with van der Waals surface area (Å²) in [5, 5.41) is -0.153. The first kappa shape index (κ1) is 10.3. The van der Waals surface area contributed by atoms with Gasteiger partial charge in [-0.1, -0.05) is 11.6 Å². The second kappa shape index (κ2) is 3.51. The average Bonchev–Trinajstić information content (AvgIpc) is 2.02. The molecule has 0 radical (unpaired) electrons. The number of primary amides is 2. The monoisotopic (exact) mass is 214 g/mol. The molecule has 1 heterocycles. The second-order valence-electron chi connectivity index (χ2n) is 2.49. The number of amides is 2. The zero-order valence-corrected chi connectivity index (χ0v) is 7.71. The summed E-state index contributed by atoms with van der Waals surface area (Å²) in [5.74, 6) is -1.73. The first-order valence-electron chi connectivity index (χ1n) is 3.49. The van der Waals surface area contributed by atoms with Crippen molar-refractivity contribution in [3.05, 3.63) is 22.3 Å². The van der Waals surface area contributed by atoms with Gasteiger partial charge in [0.05, 0.1) is 11.1 Å². The zero-order chi connectivity index (χ0) is 10.9. The van der Waals surface area contributed by atoms with Gasteiger partial charge in [-0.15, -0.1) is 0 Å². The molecule has 2 amide bonds. The van der Waals surface area contributed by atoms with E-state index in [0.717, 1.165) is 6.07 Å². The van der Waals surface area contributed by atoms with Gasteiger partial charge < -0.3 is 17.2 Å². The van der Waals surface area contributed by atoms with Crippen LogP contribution in [-0.4, -0.2) is 16.8 Å². The van der Waals surface area contributed by atoms with Gasteiger partial charge in [0.25, 0.3) is 11.8 Å². The maximum Gasteiger partial charge on any atom is 0.252 e. The minimum Gasteiger partial charge on any atom is -0.383 e. The molecule has 0 bridgehead atoms. The minimum atomic E-state index is -0.801. The van der Waals surface area contributed by atoms with Gasteiger partial charge in [-0.3, -0.25) is 9.59 Å². The van der Waals surface area contributed by atoms with Crippen LogP contribution in [0.5, 0.6) is 0 Å². The fourth-order valence-corrected chi connectivity index (χ4v) is 1.11. The number of carbonyl (C=O) groups excluding carboxylic acids is 2.